The minimum atomic E-state index is -0.0843. The van der Waals surface area contributed by atoms with E-state index in [0.29, 0.717) is 24.3 Å². The summed E-state index contributed by atoms with van der Waals surface area (Å²) in [7, 11) is 0. The molecule has 0 saturated carbocycles. The summed E-state index contributed by atoms with van der Waals surface area (Å²) in [4.78, 5) is 24.9. The summed E-state index contributed by atoms with van der Waals surface area (Å²) in [6.45, 7) is 2.56. The molecule has 2 unspecified atom stereocenters. The van der Waals surface area contributed by atoms with Crippen LogP contribution < -0.4 is 9.47 Å². The number of epoxide rings is 2. The third kappa shape index (κ3) is 7.01. The second kappa shape index (κ2) is 11.2. The predicted octanol–water partition coefficient (Wildman–Crippen LogP) is 5.03. The van der Waals surface area contributed by atoms with Gasteiger partial charge in [-0.1, -0.05) is 36.4 Å². The lowest BCUT2D eigenvalue weighted by atomic mass is 10.1. The van der Waals surface area contributed by atoms with Crippen LogP contribution in [0.2, 0.25) is 0 Å². The van der Waals surface area contributed by atoms with Crippen LogP contribution in [0.15, 0.2) is 84.9 Å². The van der Waals surface area contributed by atoms with Crippen LogP contribution in [0.1, 0.15) is 31.8 Å². The number of hydrogen-bond donors (Lipinski definition) is 0. The van der Waals surface area contributed by atoms with Crippen molar-refractivity contribution in [3.8, 4) is 11.5 Å². The lowest BCUT2D eigenvalue weighted by Crippen LogP contribution is -2.04. The van der Waals surface area contributed by atoms with Crippen LogP contribution >= 0.6 is 0 Å². The molecule has 2 atom stereocenters. The topological polar surface area (TPSA) is 77.7 Å². The molecular weight excluding hydrogens is 456 g/mol. The molecule has 3 aromatic carbocycles. The maximum absolute atomic E-state index is 12.5. The molecule has 0 N–H and O–H groups in total. The van der Waals surface area contributed by atoms with Crippen molar-refractivity contribution in [2.24, 2.45) is 0 Å². The molecule has 2 heterocycles. The number of carbonyl (C=O) groups excluding carboxylic acids is 2. The summed E-state index contributed by atoms with van der Waals surface area (Å²) in [6.07, 6.45) is 7.04. The molecule has 182 valence electrons. The molecule has 2 fully saturated rings. The van der Waals surface area contributed by atoms with Gasteiger partial charge < -0.3 is 18.9 Å². The third-order valence-electron chi connectivity index (χ3n) is 5.74. The summed E-state index contributed by atoms with van der Waals surface area (Å²) < 4.78 is 21.4. The number of carbonyl (C=O) groups is 2. The SMILES string of the molecule is O=C(/C=C/c1ccc(/C=C/C(=O)c2ccc(OCC3CO3)cc2)cc1)c1ccc(OCC2CO2)cc1. The van der Waals surface area contributed by atoms with Gasteiger partial charge in [0.25, 0.3) is 0 Å². The second-order valence-electron chi connectivity index (χ2n) is 8.64. The molecule has 0 aliphatic carbocycles. The van der Waals surface area contributed by atoms with E-state index in [0.717, 1.165) is 35.8 Å². The van der Waals surface area contributed by atoms with E-state index in [1.807, 2.05) is 24.3 Å². The maximum atomic E-state index is 12.5. The zero-order valence-electron chi connectivity index (χ0n) is 19.7. The summed E-state index contributed by atoms with van der Waals surface area (Å²) in [6, 6.07) is 21.8. The van der Waals surface area contributed by atoms with Crippen LogP contribution in [0.5, 0.6) is 11.5 Å². The van der Waals surface area contributed by atoms with Crippen molar-refractivity contribution in [3.05, 3.63) is 107 Å². The monoisotopic (exact) mass is 482 g/mol. The molecule has 2 aliphatic rings. The minimum absolute atomic E-state index is 0.0843. The van der Waals surface area contributed by atoms with E-state index in [1.165, 1.54) is 0 Å². The predicted molar refractivity (Wildman–Crippen MR) is 137 cm³/mol. The molecule has 2 aliphatic heterocycles. The van der Waals surface area contributed by atoms with Crippen molar-refractivity contribution in [2.45, 2.75) is 12.2 Å². The van der Waals surface area contributed by atoms with Gasteiger partial charge >= 0.3 is 0 Å². The molecule has 6 nitrogen and oxygen atoms in total. The summed E-state index contributed by atoms with van der Waals surface area (Å²) in [5.41, 5.74) is 2.97. The van der Waals surface area contributed by atoms with E-state index in [-0.39, 0.29) is 23.8 Å². The van der Waals surface area contributed by atoms with E-state index >= 15 is 0 Å². The minimum Gasteiger partial charge on any atom is -0.491 e. The van der Waals surface area contributed by atoms with E-state index < -0.39 is 0 Å². The Balaban J connectivity index is 1.11. The summed E-state index contributed by atoms with van der Waals surface area (Å²) in [5, 5.41) is 0. The van der Waals surface area contributed by atoms with Crippen molar-refractivity contribution in [1.82, 2.24) is 0 Å². The molecule has 0 amide bonds. The molecule has 5 rings (SSSR count). The Bertz CT molecular complexity index is 1150. The Morgan fingerprint density at radius 1 is 0.639 bits per heavy atom. The molecule has 3 aromatic rings. The Kier molecular flexibility index (Phi) is 7.36. The van der Waals surface area contributed by atoms with Gasteiger partial charge in [0.2, 0.25) is 0 Å². The van der Waals surface area contributed by atoms with Gasteiger partial charge in [0.1, 0.15) is 36.9 Å². The number of benzene rings is 3. The average molecular weight is 483 g/mol. The Morgan fingerprint density at radius 2 is 1.00 bits per heavy atom. The molecule has 6 heteroatoms. The second-order valence-corrected chi connectivity index (χ2v) is 8.64. The fourth-order valence-electron chi connectivity index (χ4n) is 3.39. The first kappa shape index (κ1) is 23.7. The van der Waals surface area contributed by atoms with Crippen LogP contribution in [-0.2, 0) is 9.47 Å². The summed E-state index contributed by atoms with van der Waals surface area (Å²) in [5.74, 6) is 1.27. The molecule has 0 bridgehead atoms. The van der Waals surface area contributed by atoms with Crippen molar-refractivity contribution >= 4 is 23.7 Å². The quantitative estimate of drug-likeness (QED) is 0.205. The van der Waals surface area contributed by atoms with Crippen LogP contribution in [-0.4, -0.2) is 50.2 Å². The molecular formula is C30H26O6. The van der Waals surface area contributed by atoms with E-state index in [1.54, 1.807) is 72.8 Å². The standard InChI is InChI=1S/C30H26O6/c31-29(23-7-11-25(12-8-23)33-17-27-19-35-27)15-5-21-1-2-22(4-3-21)6-16-30(32)24-9-13-26(14-10-24)34-18-28-20-36-28/h1-16,27-28H,17-20H2/b15-5+,16-6+. The number of ether oxygens (including phenoxy) is 4. The Hall–Kier alpha value is -4.00. The first-order valence-corrected chi connectivity index (χ1v) is 11.9. The molecule has 0 radical (unpaired) electrons. The van der Waals surface area contributed by atoms with E-state index in [4.69, 9.17) is 18.9 Å². The van der Waals surface area contributed by atoms with E-state index in [9.17, 15) is 9.59 Å². The Labute approximate surface area is 209 Å². The van der Waals surface area contributed by atoms with Gasteiger partial charge in [-0.05, 0) is 71.8 Å². The van der Waals surface area contributed by atoms with Crippen molar-refractivity contribution in [1.29, 1.82) is 0 Å². The molecule has 0 spiro atoms. The van der Waals surface area contributed by atoms with Crippen molar-refractivity contribution in [2.75, 3.05) is 26.4 Å². The lowest BCUT2D eigenvalue weighted by Gasteiger charge is -2.04. The highest BCUT2D eigenvalue weighted by molar-refractivity contribution is 6.07. The van der Waals surface area contributed by atoms with Gasteiger partial charge in [0.05, 0.1) is 13.2 Å². The van der Waals surface area contributed by atoms with Crippen LogP contribution in [0.25, 0.3) is 12.2 Å². The van der Waals surface area contributed by atoms with Crippen LogP contribution in [0.4, 0.5) is 0 Å². The number of rotatable bonds is 12. The largest absolute Gasteiger partial charge is 0.491 e. The van der Waals surface area contributed by atoms with Gasteiger partial charge in [-0.25, -0.2) is 0 Å². The van der Waals surface area contributed by atoms with Crippen molar-refractivity contribution < 1.29 is 28.5 Å². The highest BCUT2D eigenvalue weighted by atomic mass is 16.6. The van der Waals surface area contributed by atoms with Gasteiger partial charge in [0, 0.05) is 11.1 Å². The highest BCUT2D eigenvalue weighted by Gasteiger charge is 2.23. The Morgan fingerprint density at radius 3 is 1.33 bits per heavy atom. The first-order valence-electron chi connectivity index (χ1n) is 11.9. The van der Waals surface area contributed by atoms with Crippen LogP contribution in [0, 0.1) is 0 Å². The lowest BCUT2D eigenvalue weighted by molar-refractivity contribution is 0.103. The van der Waals surface area contributed by atoms with Gasteiger partial charge in [-0.3, -0.25) is 9.59 Å². The third-order valence-corrected chi connectivity index (χ3v) is 5.74. The van der Waals surface area contributed by atoms with Crippen molar-refractivity contribution in [3.63, 3.8) is 0 Å². The molecule has 0 aromatic heterocycles. The normalized spacial score (nSPS) is 18.3. The molecule has 2 saturated heterocycles. The number of allylic oxidation sites excluding steroid dienone is 2. The zero-order valence-corrected chi connectivity index (χ0v) is 19.7. The highest BCUT2D eigenvalue weighted by Crippen LogP contribution is 2.18. The first-order chi connectivity index (χ1) is 17.6. The zero-order chi connectivity index (χ0) is 24.7. The number of hydrogen-bond acceptors (Lipinski definition) is 6. The number of ketones is 2. The van der Waals surface area contributed by atoms with E-state index in [2.05, 4.69) is 0 Å². The fourth-order valence-corrected chi connectivity index (χ4v) is 3.39. The smallest absolute Gasteiger partial charge is 0.185 e. The van der Waals surface area contributed by atoms with Gasteiger partial charge in [0.15, 0.2) is 11.6 Å². The van der Waals surface area contributed by atoms with Gasteiger partial charge in [-0.2, -0.15) is 0 Å². The molecule has 36 heavy (non-hydrogen) atoms. The van der Waals surface area contributed by atoms with Gasteiger partial charge in [-0.15, -0.1) is 0 Å². The fraction of sp³-hybridized carbons (Fsp3) is 0.200. The van der Waals surface area contributed by atoms with Crippen LogP contribution in [0.3, 0.4) is 0 Å². The average Bonchev–Trinajstić information content (AvgIpc) is 3.85. The maximum Gasteiger partial charge on any atom is 0.185 e. The summed E-state index contributed by atoms with van der Waals surface area (Å²) >= 11 is 0.